The molecule has 2 aliphatic carbocycles. The number of rotatable bonds is 7. The fraction of sp³-hybridized carbons (Fsp3) is 0.500. The van der Waals surface area contributed by atoms with Crippen LogP contribution in [0, 0.1) is 5.92 Å². The highest BCUT2D eigenvalue weighted by atomic mass is 31.2. The average Bonchev–Trinajstić information content (AvgIpc) is 3.41. The van der Waals surface area contributed by atoms with Gasteiger partial charge in [0, 0.05) is 42.1 Å². The van der Waals surface area contributed by atoms with Crippen LogP contribution in [0.25, 0.3) is 22.2 Å². The Labute approximate surface area is 310 Å². The van der Waals surface area contributed by atoms with E-state index in [1.165, 1.54) is 11.6 Å². The quantitative estimate of drug-likeness (QED) is 0.180. The van der Waals surface area contributed by atoms with E-state index < -0.39 is 48.7 Å². The number of benzene rings is 2. The molecule has 53 heavy (non-hydrogen) atoms. The minimum absolute atomic E-state index is 0.0622. The number of nitrogens with one attached hydrogen (secondary N) is 2. The van der Waals surface area contributed by atoms with E-state index in [9.17, 15) is 23.8 Å². The summed E-state index contributed by atoms with van der Waals surface area (Å²) < 4.78 is 31.2. The first kappa shape index (κ1) is 36.9. The molecule has 282 valence electrons. The van der Waals surface area contributed by atoms with Crippen LogP contribution in [0.4, 0.5) is 4.79 Å². The Bertz CT molecular complexity index is 1910. The lowest BCUT2D eigenvalue weighted by Crippen LogP contribution is -2.55. The molecule has 3 amide bonds. The zero-order chi connectivity index (χ0) is 37.2. The van der Waals surface area contributed by atoms with Crippen LogP contribution in [0.15, 0.2) is 66.7 Å². The Morgan fingerprint density at radius 1 is 1.02 bits per heavy atom. The van der Waals surface area contributed by atoms with Crippen molar-refractivity contribution in [1.82, 2.24) is 20.5 Å². The fourth-order valence-electron chi connectivity index (χ4n) is 8.08. The van der Waals surface area contributed by atoms with E-state index in [-0.39, 0.29) is 25.0 Å². The molecule has 1 aromatic heterocycles. The largest absolute Gasteiger partial charge is 0.497 e. The number of nitrogens with zero attached hydrogens (tertiary/aromatic N) is 2. The van der Waals surface area contributed by atoms with Crippen LogP contribution in [-0.4, -0.2) is 82.6 Å². The monoisotopic (exact) mass is 744 g/mol. The Morgan fingerprint density at radius 3 is 2.55 bits per heavy atom. The van der Waals surface area contributed by atoms with Gasteiger partial charge in [-0.1, -0.05) is 55.3 Å². The normalized spacial score (nSPS) is 28.4. The number of amides is 3. The molecule has 1 saturated heterocycles. The zero-order valence-electron chi connectivity index (χ0n) is 30.4. The van der Waals surface area contributed by atoms with Gasteiger partial charge in [0.25, 0.3) is 0 Å². The van der Waals surface area contributed by atoms with Crippen LogP contribution in [-0.2, 0) is 18.9 Å². The molecule has 0 radical (unpaired) electrons. The van der Waals surface area contributed by atoms with Crippen LogP contribution in [0.1, 0.15) is 70.6 Å². The van der Waals surface area contributed by atoms with Crippen LogP contribution in [0.5, 0.6) is 11.5 Å². The maximum Gasteiger partial charge on any atom is 0.408 e. The summed E-state index contributed by atoms with van der Waals surface area (Å²) in [7, 11) is -2.20. The van der Waals surface area contributed by atoms with Gasteiger partial charge in [-0.2, -0.15) is 0 Å². The van der Waals surface area contributed by atoms with Crippen molar-refractivity contribution in [3.63, 3.8) is 0 Å². The number of allylic oxidation sites excluding steroid dienone is 1. The molecule has 3 unspecified atom stereocenters. The number of pyridine rings is 1. The van der Waals surface area contributed by atoms with Crippen molar-refractivity contribution < 1.29 is 38.1 Å². The topological polar surface area (TPSA) is 156 Å². The van der Waals surface area contributed by atoms with Crippen molar-refractivity contribution in [2.45, 2.75) is 100 Å². The molecule has 3 heterocycles. The van der Waals surface area contributed by atoms with Crippen molar-refractivity contribution >= 4 is 36.2 Å². The van der Waals surface area contributed by atoms with Crippen molar-refractivity contribution in [3.8, 4) is 22.8 Å². The van der Waals surface area contributed by atoms with E-state index >= 15 is 0 Å². The van der Waals surface area contributed by atoms with Crippen molar-refractivity contribution in [3.05, 3.63) is 66.7 Å². The van der Waals surface area contributed by atoms with E-state index in [0.717, 1.165) is 55.9 Å². The SMILES string of the molecule is COc1ccc2c(O[C@@H]3CC4C(=O)N[C@]5(P(C)(=O)O)CC5/C=C\CCCCC[C@H](NC(=O)OC5CCCC5)C(=O)N4C3)cc(-c3ccccc3)nc2c1. The number of ether oxygens (including phenoxy) is 3. The number of aromatic nitrogens is 1. The van der Waals surface area contributed by atoms with Crippen molar-refractivity contribution in [1.29, 1.82) is 0 Å². The molecule has 0 spiro atoms. The standard InChI is InChI=1S/C40H49N4O8P/c1-50-29-19-20-31-34(21-29)41-33(26-13-7-6-8-14-26)23-36(31)51-30-22-35-37(45)43-40(53(2,48)49)24-27(40)15-9-4-3-5-10-18-32(38(46)44(35)25-30)42-39(47)52-28-16-11-12-17-28/h6-9,13-15,19-21,23,27-28,30,32,35H,3-5,10-12,16-18,22,24-25H2,1-2H3,(H,42,47)(H,43,45)(H,48,49)/b15-9-/t27?,30-,32+,35?,40+/m1/s1. The van der Waals surface area contributed by atoms with E-state index in [1.54, 1.807) is 7.11 Å². The predicted molar refractivity (Wildman–Crippen MR) is 201 cm³/mol. The van der Waals surface area contributed by atoms with Crippen LogP contribution in [0.3, 0.4) is 0 Å². The highest BCUT2D eigenvalue weighted by Crippen LogP contribution is 2.67. The van der Waals surface area contributed by atoms with Crippen LogP contribution >= 0.6 is 7.37 Å². The summed E-state index contributed by atoms with van der Waals surface area (Å²) in [5.74, 6) is -0.0464. The maximum atomic E-state index is 14.6. The predicted octanol–water partition coefficient (Wildman–Crippen LogP) is 6.55. The third kappa shape index (κ3) is 8.09. The molecule has 4 aliphatic rings. The summed E-state index contributed by atoms with van der Waals surface area (Å²) in [5.41, 5.74) is 2.23. The maximum absolute atomic E-state index is 14.6. The Hall–Kier alpha value is -4.41. The minimum Gasteiger partial charge on any atom is -0.497 e. The molecule has 2 saturated carbocycles. The number of fused-ring (bicyclic) bond motifs is 3. The molecular weight excluding hydrogens is 695 g/mol. The van der Waals surface area contributed by atoms with Gasteiger partial charge in [-0.15, -0.1) is 0 Å². The Morgan fingerprint density at radius 2 is 1.79 bits per heavy atom. The number of carbonyl (C=O) groups is 3. The molecule has 0 bridgehead atoms. The van der Waals surface area contributed by atoms with Gasteiger partial charge in [-0.25, -0.2) is 9.78 Å². The second-order valence-corrected chi connectivity index (χ2v) is 17.5. The first-order chi connectivity index (χ1) is 25.5. The summed E-state index contributed by atoms with van der Waals surface area (Å²) in [6.45, 7) is 1.34. The second kappa shape index (κ2) is 15.5. The first-order valence-electron chi connectivity index (χ1n) is 18.8. The van der Waals surface area contributed by atoms with E-state index in [4.69, 9.17) is 19.2 Å². The molecule has 13 heteroatoms. The number of carbonyl (C=O) groups excluding carboxylic acids is 3. The summed E-state index contributed by atoms with van der Waals surface area (Å²) in [4.78, 5) is 59.2. The summed E-state index contributed by atoms with van der Waals surface area (Å²) in [5, 5.41) is 5.22. The summed E-state index contributed by atoms with van der Waals surface area (Å²) >= 11 is 0. The van der Waals surface area contributed by atoms with Gasteiger partial charge in [-0.3, -0.25) is 14.2 Å². The molecule has 2 aromatic carbocycles. The van der Waals surface area contributed by atoms with Crippen molar-refractivity contribution in [2.75, 3.05) is 20.3 Å². The average molecular weight is 745 g/mol. The smallest absolute Gasteiger partial charge is 0.408 e. The molecule has 3 aromatic rings. The first-order valence-corrected chi connectivity index (χ1v) is 20.9. The fourth-order valence-corrected chi connectivity index (χ4v) is 9.63. The summed E-state index contributed by atoms with van der Waals surface area (Å²) in [6, 6.07) is 15.2. The van der Waals surface area contributed by atoms with Gasteiger partial charge in [0.2, 0.25) is 19.2 Å². The van der Waals surface area contributed by atoms with E-state index in [2.05, 4.69) is 10.6 Å². The van der Waals surface area contributed by atoms with Crippen molar-refractivity contribution in [2.24, 2.45) is 5.92 Å². The lowest BCUT2D eigenvalue weighted by molar-refractivity contribution is -0.140. The third-order valence-corrected chi connectivity index (χ3v) is 13.3. The molecular formula is C40H49N4O8P. The highest BCUT2D eigenvalue weighted by molar-refractivity contribution is 7.59. The number of alkyl carbamates (subject to hydrolysis) is 1. The van der Waals surface area contributed by atoms with Gasteiger partial charge in [0.1, 0.15) is 41.1 Å². The Kier molecular flexibility index (Phi) is 10.8. The van der Waals surface area contributed by atoms with Gasteiger partial charge in [-0.05, 0) is 63.5 Å². The molecule has 3 fully saturated rings. The van der Waals surface area contributed by atoms with Gasteiger partial charge >= 0.3 is 6.09 Å². The Balaban J connectivity index is 1.21. The zero-order valence-corrected chi connectivity index (χ0v) is 31.3. The van der Waals surface area contributed by atoms with Crippen LogP contribution in [0.2, 0.25) is 0 Å². The number of hydrogen-bond acceptors (Lipinski definition) is 8. The molecule has 12 nitrogen and oxygen atoms in total. The molecule has 7 rings (SSSR count). The molecule has 6 atom stereocenters. The highest BCUT2D eigenvalue weighted by Gasteiger charge is 2.64. The van der Waals surface area contributed by atoms with Gasteiger partial charge < -0.3 is 34.6 Å². The second-order valence-electron chi connectivity index (χ2n) is 14.9. The lowest BCUT2D eigenvalue weighted by atomic mass is 10.0. The third-order valence-electron chi connectivity index (χ3n) is 11.2. The van der Waals surface area contributed by atoms with Gasteiger partial charge in [0.05, 0.1) is 24.9 Å². The van der Waals surface area contributed by atoms with Gasteiger partial charge in [0.15, 0.2) is 0 Å². The molecule has 2 aliphatic heterocycles. The van der Waals surface area contributed by atoms with E-state index in [0.29, 0.717) is 42.0 Å². The molecule has 3 N–H and O–H groups in total. The number of hydrogen-bond donors (Lipinski definition) is 3. The summed E-state index contributed by atoms with van der Waals surface area (Å²) in [6.07, 6.45) is 10.1. The number of methoxy groups -OCH3 is 1. The lowest BCUT2D eigenvalue weighted by Gasteiger charge is -2.30. The van der Waals surface area contributed by atoms with Crippen LogP contribution < -0.4 is 20.1 Å². The van der Waals surface area contributed by atoms with E-state index in [1.807, 2.05) is 66.7 Å². The minimum atomic E-state index is -3.80.